The third kappa shape index (κ3) is 2.60. The maximum Gasteiger partial charge on any atom is 0.246 e. The highest BCUT2D eigenvalue weighted by atomic mass is 35.5. The Morgan fingerprint density at radius 1 is 1.23 bits per heavy atom. The number of nitrogens with zero attached hydrogens (tertiary/aromatic N) is 1. The molecule has 2 aliphatic heterocycles. The molecular formula is C19H17ClN2O3S. The van der Waals surface area contributed by atoms with Crippen molar-refractivity contribution in [2.24, 2.45) is 4.99 Å². The van der Waals surface area contributed by atoms with Crippen molar-refractivity contribution in [1.29, 1.82) is 0 Å². The Hall–Kier alpha value is -1.73. The number of ether oxygens (including phenoxy) is 2. The Morgan fingerprint density at radius 3 is 2.85 bits per heavy atom. The van der Waals surface area contributed by atoms with Crippen molar-refractivity contribution in [1.82, 2.24) is 0 Å². The van der Waals surface area contributed by atoms with Gasteiger partial charge in [0.05, 0.1) is 18.9 Å². The van der Waals surface area contributed by atoms with Crippen LogP contribution >= 0.6 is 22.9 Å². The Bertz CT molecular complexity index is 931. The number of benzene rings is 1. The fourth-order valence-electron chi connectivity index (χ4n) is 3.92. The molecule has 134 valence electrons. The van der Waals surface area contributed by atoms with Crippen LogP contribution in [0.25, 0.3) is 0 Å². The smallest absolute Gasteiger partial charge is 0.246 e. The highest BCUT2D eigenvalue weighted by Crippen LogP contribution is 2.45. The van der Waals surface area contributed by atoms with Gasteiger partial charge in [-0.05, 0) is 18.1 Å². The topological polar surface area (TPSA) is 59.9 Å². The van der Waals surface area contributed by atoms with E-state index >= 15 is 0 Å². The van der Waals surface area contributed by atoms with Gasteiger partial charge in [0, 0.05) is 33.9 Å². The van der Waals surface area contributed by atoms with Crippen LogP contribution in [-0.4, -0.2) is 37.2 Å². The summed E-state index contributed by atoms with van der Waals surface area (Å²) in [5.41, 5.74) is 3.90. The molecular weight excluding hydrogens is 372 g/mol. The molecule has 5 nitrogen and oxygen atoms in total. The lowest BCUT2D eigenvalue weighted by Gasteiger charge is -2.31. The average Bonchev–Trinajstić information content (AvgIpc) is 3.17. The van der Waals surface area contributed by atoms with Crippen LogP contribution in [0.2, 0.25) is 5.02 Å². The highest BCUT2D eigenvalue weighted by molar-refractivity contribution is 7.17. The first-order chi connectivity index (χ1) is 12.7. The molecule has 1 aromatic heterocycles. The monoisotopic (exact) mass is 388 g/mol. The van der Waals surface area contributed by atoms with E-state index in [0.717, 1.165) is 34.7 Å². The van der Waals surface area contributed by atoms with Gasteiger partial charge in [0.1, 0.15) is 11.5 Å². The van der Waals surface area contributed by atoms with Gasteiger partial charge in [0.25, 0.3) is 0 Å². The van der Waals surface area contributed by atoms with Crippen LogP contribution in [0.5, 0.6) is 0 Å². The average molecular weight is 389 g/mol. The fourth-order valence-corrected chi connectivity index (χ4v) is 5.50. The number of amides is 1. The third-order valence-corrected chi connectivity index (χ3v) is 6.57. The van der Waals surface area contributed by atoms with Gasteiger partial charge in [-0.15, -0.1) is 11.3 Å². The van der Waals surface area contributed by atoms with Crippen molar-refractivity contribution in [3.05, 3.63) is 50.9 Å². The molecule has 0 saturated carbocycles. The predicted molar refractivity (Wildman–Crippen MR) is 102 cm³/mol. The highest BCUT2D eigenvalue weighted by Gasteiger charge is 2.42. The van der Waals surface area contributed by atoms with Crippen LogP contribution in [0, 0.1) is 0 Å². The van der Waals surface area contributed by atoms with Gasteiger partial charge in [-0.3, -0.25) is 9.79 Å². The number of anilines is 1. The minimum absolute atomic E-state index is 0.102. The zero-order valence-electron chi connectivity index (χ0n) is 14.0. The second-order valence-electron chi connectivity index (χ2n) is 6.69. The summed E-state index contributed by atoms with van der Waals surface area (Å²) in [6, 6.07) is 7.65. The number of rotatable bonds is 1. The molecule has 7 heteroatoms. The lowest BCUT2D eigenvalue weighted by Crippen LogP contribution is -2.36. The van der Waals surface area contributed by atoms with Gasteiger partial charge in [0.2, 0.25) is 5.91 Å². The number of hydrogen-bond donors (Lipinski definition) is 1. The molecule has 3 heterocycles. The number of nitrogens with one attached hydrogen (secondary N) is 1. The Kier molecular flexibility index (Phi) is 3.90. The molecule has 1 amide bonds. The maximum absolute atomic E-state index is 12.2. The fraction of sp³-hybridized carbons (Fsp3) is 0.368. The van der Waals surface area contributed by atoms with E-state index in [1.54, 1.807) is 11.3 Å². The molecule has 1 spiro atoms. The van der Waals surface area contributed by atoms with E-state index in [9.17, 15) is 4.79 Å². The number of thiophene rings is 1. The third-order valence-electron chi connectivity index (χ3n) is 5.09. The van der Waals surface area contributed by atoms with E-state index in [0.29, 0.717) is 24.7 Å². The Balaban J connectivity index is 1.65. The number of hydrogen-bond acceptors (Lipinski definition) is 5. The molecule has 0 radical (unpaired) electrons. The molecule has 1 aliphatic carbocycles. The molecule has 1 saturated heterocycles. The zero-order chi connectivity index (χ0) is 17.7. The van der Waals surface area contributed by atoms with Crippen LogP contribution in [0.1, 0.15) is 28.0 Å². The van der Waals surface area contributed by atoms with Gasteiger partial charge in [-0.2, -0.15) is 0 Å². The lowest BCUT2D eigenvalue weighted by molar-refractivity contribution is -0.163. The van der Waals surface area contributed by atoms with Gasteiger partial charge in [-0.25, -0.2) is 0 Å². The quantitative estimate of drug-likeness (QED) is 0.814. The van der Waals surface area contributed by atoms with Crippen molar-refractivity contribution in [3.8, 4) is 0 Å². The van der Waals surface area contributed by atoms with E-state index in [1.165, 1.54) is 10.4 Å². The van der Waals surface area contributed by atoms with E-state index in [-0.39, 0.29) is 12.5 Å². The molecule has 2 aromatic rings. The standard InChI is InChI=1S/C19H17ClN2O3S/c20-13-4-2-1-3-11(13)17-16-12-5-6-19(24-7-8-25-19)9-14(12)26-18(16)22-15(23)10-21-17/h1-4H,5-10H2,(H,22,23). The van der Waals surface area contributed by atoms with Crippen LogP contribution < -0.4 is 5.32 Å². The number of aliphatic imine (C=N–C) groups is 1. The molecule has 0 unspecified atom stereocenters. The van der Waals surface area contributed by atoms with Gasteiger partial charge in [0.15, 0.2) is 5.79 Å². The predicted octanol–water partition coefficient (Wildman–Crippen LogP) is 3.42. The molecule has 3 aliphatic rings. The first kappa shape index (κ1) is 16.4. The second-order valence-corrected chi connectivity index (χ2v) is 8.20. The van der Waals surface area contributed by atoms with E-state index in [2.05, 4.69) is 10.3 Å². The summed E-state index contributed by atoms with van der Waals surface area (Å²) in [7, 11) is 0. The van der Waals surface area contributed by atoms with Crippen LogP contribution in [0.4, 0.5) is 5.00 Å². The summed E-state index contributed by atoms with van der Waals surface area (Å²) < 4.78 is 11.8. The Labute approximate surface area is 160 Å². The molecule has 0 atom stereocenters. The van der Waals surface area contributed by atoms with Crippen molar-refractivity contribution in [2.75, 3.05) is 25.1 Å². The molecule has 1 aromatic carbocycles. The van der Waals surface area contributed by atoms with Crippen molar-refractivity contribution in [3.63, 3.8) is 0 Å². The summed E-state index contributed by atoms with van der Waals surface area (Å²) in [5.74, 6) is -0.600. The number of halogens is 1. The minimum atomic E-state index is -0.498. The van der Waals surface area contributed by atoms with Crippen LogP contribution in [0.3, 0.4) is 0 Å². The molecule has 1 N–H and O–H groups in total. The minimum Gasteiger partial charge on any atom is -0.347 e. The van der Waals surface area contributed by atoms with Gasteiger partial charge in [-0.1, -0.05) is 29.8 Å². The van der Waals surface area contributed by atoms with Crippen molar-refractivity contribution in [2.45, 2.75) is 25.0 Å². The summed E-state index contributed by atoms with van der Waals surface area (Å²) in [5, 5.41) is 4.51. The number of fused-ring (bicyclic) bond motifs is 3. The SMILES string of the molecule is O=C1CN=C(c2ccccc2Cl)c2c(sc3c2CCC2(C3)OCCO2)N1. The second kappa shape index (κ2) is 6.16. The Morgan fingerprint density at radius 2 is 2.04 bits per heavy atom. The van der Waals surface area contributed by atoms with Gasteiger partial charge >= 0.3 is 0 Å². The molecule has 26 heavy (non-hydrogen) atoms. The number of carbonyl (C=O) groups is 1. The van der Waals surface area contributed by atoms with Crippen LogP contribution in [-0.2, 0) is 27.1 Å². The first-order valence-corrected chi connectivity index (χ1v) is 9.87. The van der Waals surface area contributed by atoms with Crippen molar-refractivity contribution < 1.29 is 14.3 Å². The van der Waals surface area contributed by atoms with E-state index in [1.807, 2.05) is 24.3 Å². The molecule has 0 bridgehead atoms. The molecule has 1 fully saturated rings. The summed E-state index contributed by atoms with van der Waals surface area (Å²) in [6.45, 7) is 1.39. The van der Waals surface area contributed by atoms with Gasteiger partial charge < -0.3 is 14.8 Å². The lowest BCUT2D eigenvalue weighted by atomic mass is 9.88. The number of carbonyl (C=O) groups excluding carboxylic acids is 1. The largest absolute Gasteiger partial charge is 0.347 e. The summed E-state index contributed by atoms with van der Waals surface area (Å²) in [6.07, 6.45) is 2.36. The maximum atomic E-state index is 12.2. The normalized spacial score (nSPS) is 21.0. The van der Waals surface area contributed by atoms with E-state index < -0.39 is 5.79 Å². The molecule has 5 rings (SSSR count). The summed E-state index contributed by atoms with van der Waals surface area (Å²) >= 11 is 8.04. The summed E-state index contributed by atoms with van der Waals surface area (Å²) in [4.78, 5) is 18.0. The van der Waals surface area contributed by atoms with Crippen LogP contribution in [0.15, 0.2) is 29.3 Å². The van der Waals surface area contributed by atoms with Crippen molar-refractivity contribution >= 4 is 39.6 Å². The first-order valence-electron chi connectivity index (χ1n) is 8.67. The zero-order valence-corrected chi connectivity index (χ0v) is 15.6. The van der Waals surface area contributed by atoms with E-state index in [4.69, 9.17) is 21.1 Å².